The molecule has 1 atom stereocenters. The predicted octanol–water partition coefficient (Wildman–Crippen LogP) is 3.17. The maximum absolute atomic E-state index is 12.3. The molecule has 6 nitrogen and oxygen atoms in total. The number of thiophene rings is 1. The molecule has 1 saturated heterocycles. The molecule has 0 saturated carbocycles. The Morgan fingerprint density at radius 1 is 1.15 bits per heavy atom. The van der Waals surface area contributed by atoms with E-state index in [1.807, 2.05) is 5.38 Å². The fraction of sp³-hybridized carbons (Fsp3) is 0.316. The summed E-state index contributed by atoms with van der Waals surface area (Å²) in [7, 11) is 0. The van der Waals surface area contributed by atoms with Gasteiger partial charge in [0, 0.05) is 18.8 Å². The summed E-state index contributed by atoms with van der Waals surface area (Å²) in [5.74, 6) is -0.988. The minimum atomic E-state index is -0.829. The summed E-state index contributed by atoms with van der Waals surface area (Å²) >= 11 is 1.34. The Kier molecular flexibility index (Phi) is 5.68. The third-order valence-electron chi connectivity index (χ3n) is 4.15. The van der Waals surface area contributed by atoms with Crippen LogP contribution in [0.15, 0.2) is 41.8 Å². The van der Waals surface area contributed by atoms with Crippen molar-refractivity contribution in [3.8, 4) is 0 Å². The summed E-state index contributed by atoms with van der Waals surface area (Å²) in [6.07, 6.45) is 1.14. The highest BCUT2D eigenvalue weighted by Gasteiger charge is 2.26. The van der Waals surface area contributed by atoms with Crippen LogP contribution in [0.5, 0.6) is 0 Å². The Morgan fingerprint density at radius 3 is 2.62 bits per heavy atom. The van der Waals surface area contributed by atoms with Crippen LogP contribution in [0.4, 0.5) is 5.69 Å². The number of anilines is 1. The number of carbonyl (C=O) groups is 3. The van der Waals surface area contributed by atoms with Gasteiger partial charge in [-0.3, -0.25) is 9.59 Å². The number of hydrogen-bond donors (Lipinski definition) is 1. The molecule has 2 heterocycles. The maximum atomic E-state index is 12.3. The lowest BCUT2D eigenvalue weighted by atomic mass is 10.2. The summed E-state index contributed by atoms with van der Waals surface area (Å²) in [6, 6.07) is 10.0. The van der Waals surface area contributed by atoms with Gasteiger partial charge in [0.2, 0.25) is 0 Å². The molecule has 7 heteroatoms. The standard InChI is InChI=1S/C19H20N2O4S/c1-13(18(23)21-9-2-3-10-21)25-19(24)14-6-4-7-15(12-14)20-17(22)16-8-5-11-26-16/h4-8,11-13H,2-3,9-10H2,1H3,(H,20,22)/t13-/m1/s1. The van der Waals surface area contributed by atoms with Crippen LogP contribution in [-0.2, 0) is 9.53 Å². The summed E-state index contributed by atoms with van der Waals surface area (Å²) in [5.41, 5.74) is 0.784. The second-order valence-electron chi connectivity index (χ2n) is 6.09. The zero-order chi connectivity index (χ0) is 18.5. The monoisotopic (exact) mass is 372 g/mol. The Morgan fingerprint density at radius 2 is 1.92 bits per heavy atom. The van der Waals surface area contributed by atoms with Crippen LogP contribution >= 0.6 is 11.3 Å². The van der Waals surface area contributed by atoms with E-state index in [1.54, 1.807) is 48.2 Å². The van der Waals surface area contributed by atoms with Crippen molar-refractivity contribution in [1.82, 2.24) is 4.90 Å². The van der Waals surface area contributed by atoms with Crippen LogP contribution in [0, 0.1) is 0 Å². The van der Waals surface area contributed by atoms with Crippen LogP contribution in [-0.4, -0.2) is 41.9 Å². The van der Waals surface area contributed by atoms with Gasteiger partial charge in [0.25, 0.3) is 11.8 Å². The quantitative estimate of drug-likeness (QED) is 0.818. The van der Waals surface area contributed by atoms with E-state index in [9.17, 15) is 14.4 Å². The second-order valence-corrected chi connectivity index (χ2v) is 7.04. The normalized spacial score (nSPS) is 14.7. The molecule has 136 valence electrons. The van der Waals surface area contributed by atoms with Crippen LogP contribution in [0.2, 0.25) is 0 Å². The lowest BCUT2D eigenvalue weighted by Gasteiger charge is -2.20. The Labute approximate surface area is 155 Å². The van der Waals surface area contributed by atoms with Gasteiger partial charge in [-0.05, 0) is 49.4 Å². The van der Waals surface area contributed by atoms with Gasteiger partial charge in [0.1, 0.15) is 0 Å². The van der Waals surface area contributed by atoms with E-state index in [0.29, 0.717) is 23.7 Å². The van der Waals surface area contributed by atoms with Gasteiger partial charge in [0.05, 0.1) is 10.4 Å². The number of amides is 2. The van der Waals surface area contributed by atoms with Gasteiger partial charge in [-0.25, -0.2) is 4.79 Å². The summed E-state index contributed by atoms with van der Waals surface area (Å²) in [6.45, 7) is 3.01. The van der Waals surface area contributed by atoms with Crippen LogP contribution in [0.3, 0.4) is 0 Å². The molecule has 3 rings (SSSR count). The minimum Gasteiger partial charge on any atom is -0.449 e. The zero-order valence-corrected chi connectivity index (χ0v) is 15.3. The van der Waals surface area contributed by atoms with Crippen molar-refractivity contribution in [1.29, 1.82) is 0 Å². The molecule has 1 aromatic heterocycles. The molecule has 0 unspecified atom stereocenters. The fourth-order valence-corrected chi connectivity index (χ4v) is 3.42. The molecule has 0 aliphatic carbocycles. The highest BCUT2D eigenvalue weighted by atomic mass is 32.1. The molecular weight excluding hydrogens is 352 g/mol. The number of esters is 1. The van der Waals surface area contributed by atoms with Crippen LogP contribution in [0.1, 0.15) is 39.8 Å². The molecular formula is C19H20N2O4S. The minimum absolute atomic E-state index is 0.169. The number of nitrogens with one attached hydrogen (secondary N) is 1. The lowest BCUT2D eigenvalue weighted by molar-refractivity contribution is -0.138. The van der Waals surface area contributed by atoms with E-state index in [-0.39, 0.29) is 17.4 Å². The topological polar surface area (TPSA) is 75.7 Å². The van der Waals surface area contributed by atoms with Crippen LogP contribution < -0.4 is 5.32 Å². The largest absolute Gasteiger partial charge is 0.449 e. The van der Waals surface area contributed by atoms with Gasteiger partial charge < -0.3 is 15.0 Å². The molecule has 1 aromatic carbocycles. The summed E-state index contributed by atoms with van der Waals surface area (Å²) < 4.78 is 5.30. The number of likely N-dealkylation sites (tertiary alicyclic amines) is 1. The van der Waals surface area contributed by atoms with Crippen molar-refractivity contribution in [3.63, 3.8) is 0 Å². The second kappa shape index (κ2) is 8.14. The first-order valence-corrected chi connectivity index (χ1v) is 9.37. The lowest BCUT2D eigenvalue weighted by Crippen LogP contribution is -2.38. The molecule has 26 heavy (non-hydrogen) atoms. The summed E-state index contributed by atoms with van der Waals surface area (Å²) in [5, 5.41) is 4.57. The molecule has 1 aliphatic heterocycles. The van der Waals surface area contributed by atoms with E-state index >= 15 is 0 Å². The fourth-order valence-electron chi connectivity index (χ4n) is 2.80. The highest BCUT2D eigenvalue weighted by molar-refractivity contribution is 7.12. The third-order valence-corrected chi connectivity index (χ3v) is 5.02. The van der Waals surface area contributed by atoms with E-state index in [0.717, 1.165) is 12.8 Å². The first-order valence-electron chi connectivity index (χ1n) is 8.49. The molecule has 1 N–H and O–H groups in total. The number of benzene rings is 1. The molecule has 2 aromatic rings. The van der Waals surface area contributed by atoms with E-state index < -0.39 is 12.1 Å². The molecule has 2 amide bonds. The molecule has 1 fully saturated rings. The molecule has 1 aliphatic rings. The van der Waals surface area contributed by atoms with E-state index in [2.05, 4.69) is 5.32 Å². The third kappa shape index (κ3) is 4.29. The number of rotatable bonds is 5. The number of carbonyl (C=O) groups excluding carboxylic acids is 3. The Hall–Kier alpha value is -2.67. The molecule has 0 bridgehead atoms. The zero-order valence-electron chi connectivity index (χ0n) is 14.4. The average molecular weight is 372 g/mol. The first-order chi connectivity index (χ1) is 12.5. The molecule has 0 spiro atoms. The van der Waals surface area contributed by atoms with Gasteiger partial charge in [-0.2, -0.15) is 0 Å². The Bertz CT molecular complexity index is 798. The molecule has 0 radical (unpaired) electrons. The Balaban J connectivity index is 1.62. The van der Waals surface area contributed by atoms with E-state index in [1.165, 1.54) is 11.3 Å². The smallest absolute Gasteiger partial charge is 0.338 e. The van der Waals surface area contributed by atoms with Gasteiger partial charge in [0.15, 0.2) is 6.10 Å². The van der Waals surface area contributed by atoms with Gasteiger partial charge in [-0.15, -0.1) is 11.3 Å². The van der Waals surface area contributed by atoms with Crippen LogP contribution in [0.25, 0.3) is 0 Å². The van der Waals surface area contributed by atoms with Crippen molar-refractivity contribution in [3.05, 3.63) is 52.2 Å². The number of hydrogen-bond acceptors (Lipinski definition) is 5. The first kappa shape index (κ1) is 18.1. The average Bonchev–Trinajstić information content (AvgIpc) is 3.34. The van der Waals surface area contributed by atoms with Crippen molar-refractivity contribution >= 4 is 34.8 Å². The van der Waals surface area contributed by atoms with Gasteiger partial charge >= 0.3 is 5.97 Å². The van der Waals surface area contributed by atoms with Crippen molar-refractivity contribution < 1.29 is 19.1 Å². The maximum Gasteiger partial charge on any atom is 0.338 e. The van der Waals surface area contributed by atoms with Gasteiger partial charge in [-0.1, -0.05) is 12.1 Å². The van der Waals surface area contributed by atoms with Crippen molar-refractivity contribution in [2.24, 2.45) is 0 Å². The SMILES string of the molecule is C[C@@H](OC(=O)c1cccc(NC(=O)c2cccs2)c1)C(=O)N1CCCC1. The van der Waals surface area contributed by atoms with Crippen molar-refractivity contribution in [2.45, 2.75) is 25.9 Å². The highest BCUT2D eigenvalue weighted by Crippen LogP contribution is 2.17. The predicted molar refractivity (Wildman–Crippen MR) is 99.4 cm³/mol. The number of nitrogens with zero attached hydrogens (tertiary/aromatic N) is 1. The van der Waals surface area contributed by atoms with E-state index in [4.69, 9.17) is 4.74 Å². The number of ether oxygens (including phenoxy) is 1. The van der Waals surface area contributed by atoms with Crippen molar-refractivity contribution in [2.75, 3.05) is 18.4 Å². The summed E-state index contributed by atoms with van der Waals surface area (Å²) in [4.78, 5) is 39.0.